The molecular weight excluding hydrogens is 496 g/mol. The average molecular weight is 522 g/mol. The zero-order chi connectivity index (χ0) is 26.4. The molecular formula is C27H25F2N5O4. The van der Waals surface area contributed by atoms with Gasteiger partial charge in [0.15, 0.2) is 0 Å². The largest absolute Gasteiger partial charge is 0.338 e. The zero-order valence-electron chi connectivity index (χ0n) is 20.5. The molecule has 3 aliphatic rings. The van der Waals surface area contributed by atoms with Crippen LogP contribution in [-0.2, 0) is 22.7 Å². The zero-order valence-corrected chi connectivity index (χ0v) is 20.5. The fourth-order valence-electron chi connectivity index (χ4n) is 5.62. The maximum atomic E-state index is 15.7. The SMILES string of the molecule is O=C1CCC(N2Cc3c(cc(F)c(C4CCN(Cc5nc(-c6ccccc6)no5)CC4)c3F)C2=O)C(=O)N1. The molecule has 6 rings (SSSR count). The summed E-state index contributed by atoms with van der Waals surface area (Å²) in [7, 11) is 0. The highest BCUT2D eigenvalue weighted by Crippen LogP contribution is 2.38. The van der Waals surface area contributed by atoms with Crippen LogP contribution in [0.3, 0.4) is 0 Å². The van der Waals surface area contributed by atoms with Gasteiger partial charge in [0.05, 0.1) is 18.7 Å². The first-order chi connectivity index (χ1) is 18.4. The van der Waals surface area contributed by atoms with Crippen LogP contribution in [0.5, 0.6) is 0 Å². The van der Waals surface area contributed by atoms with Gasteiger partial charge in [0.25, 0.3) is 5.91 Å². The minimum absolute atomic E-state index is 0.00882. The lowest BCUT2D eigenvalue weighted by Gasteiger charge is -2.31. The van der Waals surface area contributed by atoms with Gasteiger partial charge in [-0.05, 0) is 44.3 Å². The second-order valence-electron chi connectivity index (χ2n) is 9.94. The summed E-state index contributed by atoms with van der Waals surface area (Å²) in [4.78, 5) is 44.5. The average Bonchev–Trinajstić information content (AvgIpc) is 3.51. The maximum Gasteiger partial charge on any atom is 0.255 e. The summed E-state index contributed by atoms with van der Waals surface area (Å²) in [6.07, 6.45) is 1.30. The van der Waals surface area contributed by atoms with Crippen LogP contribution in [0.4, 0.5) is 8.78 Å². The highest BCUT2D eigenvalue weighted by atomic mass is 19.1. The van der Waals surface area contributed by atoms with Crippen LogP contribution in [0.25, 0.3) is 11.4 Å². The van der Waals surface area contributed by atoms with E-state index in [2.05, 4.69) is 20.4 Å². The van der Waals surface area contributed by atoms with Gasteiger partial charge in [0.1, 0.15) is 17.7 Å². The molecule has 0 bridgehead atoms. The summed E-state index contributed by atoms with van der Waals surface area (Å²) in [6.45, 7) is 1.49. The number of nitrogens with one attached hydrogen (secondary N) is 1. The molecule has 2 aromatic carbocycles. The van der Waals surface area contributed by atoms with Crippen molar-refractivity contribution in [3.05, 3.63) is 70.6 Å². The molecule has 196 valence electrons. The van der Waals surface area contributed by atoms with Gasteiger partial charge >= 0.3 is 0 Å². The number of benzene rings is 2. The first-order valence-electron chi connectivity index (χ1n) is 12.6. The van der Waals surface area contributed by atoms with E-state index in [4.69, 9.17) is 4.52 Å². The van der Waals surface area contributed by atoms with Crippen LogP contribution in [-0.4, -0.2) is 56.8 Å². The van der Waals surface area contributed by atoms with Crippen molar-refractivity contribution in [1.82, 2.24) is 25.3 Å². The molecule has 0 spiro atoms. The molecule has 11 heteroatoms. The van der Waals surface area contributed by atoms with Crippen LogP contribution in [0.15, 0.2) is 40.9 Å². The lowest BCUT2D eigenvalue weighted by Crippen LogP contribution is -2.52. The van der Waals surface area contributed by atoms with Crippen LogP contribution < -0.4 is 5.32 Å². The quantitative estimate of drug-likeness (QED) is 0.514. The molecule has 0 aliphatic carbocycles. The lowest BCUT2D eigenvalue weighted by molar-refractivity contribution is -0.136. The predicted octanol–water partition coefficient (Wildman–Crippen LogP) is 3.16. The number of aromatic nitrogens is 2. The first-order valence-corrected chi connectivity index (χ1v) is 12.6. The van der Waals surface area contributed by atoms with E-state index in [1.165, 1.54) is 4.90 Å². The summed E-state index contributed by atoms with van der Waals surface area (Å²) in [5, 5.41) is 6.25. The van der Waals surface area contributed by atoms with Gasteiger partial charge in [0, 0.05) is 23.1 Å². The molecule has 1 atom stereocenters. The predicted molar refractivity (Wildman–Crippen MR) is 129 cm³/mol. The number of rotatable bonds is 5. The second-order valence-corrected chi connectivity index (χ2v) is 9.94. The normalized spacial score (nSPS) is 20.6. The van der Waals surface area contributed by atoms with E-state index in [1.54, 1.807) is 0 Å². The van der Waals surface area contributed by atoms with Crippen molar-refractivity contribution in [1.29, 1.82) is 0 Å². The van der Waals surface area contributed by atoms with E-state index < -0.39 is 35.4 Å². The fourth-order valence-corrected chi connectivity index (χ4v) is 5.62. The van der Waals surface area contributed by atoms with E-state index in [9.17, 15) is 14.4 Å². The third-order valence-corrected chi connectivity index (χ3v) is 7.62. The van der Waals surface area contributed by atoms with Gasteiger partial charge in [0.2, 0.25) is 23.5 Å². The third kappa shape index (κ3) is 4.36. The molecule has 1 aromatic heterocycles. The molecule has 4 heterocycles. The highest BCUT2D eigenvalue weighted by Gasteiger charge is 2.42. The number of likely N-dealkylation sites (tertiary alicyclic amines) is 1. The molecule has 1 unspecified atom stereocenters. The molecule has 3 amide bonds. The Balaban J connectivity index is 1.13. The minimum Gasteiger partial charge on any atom is -0.338 e. The molecule has 2 saturated heterocycles. The molecule has 9 nitrogen and oxygen atoms in total. The van der Waals surface area contributed by atoms with Gasteiger partial charge in [-0.15, -0.1) is 0 Å². The smallest absolute Gasteiger partial charge is 0.255 e. The third-order valence-electron chi connectivity index (χ3n) is 7.62. The Hall–Kier alpha value is -3.99. The number of nitrogens with zero attached hydrogens (tertiary/aromatic N) is 4. The Morgan fingerprint density at radius 3 is 2.55 bits per heavy atom. The summed E-state index contributed by atoms with van der Waals surface area (Å²) in [5.74, 6) is -2.41. The number of fused-ring (bicyclic) bond motifs is 1. The van der Waals surface area contributed by atoms with E-state index in [0.29, 0.717) is 44.2 Å². The van der Waals surface area contributed by atoms with Gasteiger partial charge in [-0.2, -0.15) is 4.98 Å². The minimum atomic E-state index is -0.881. The Bertz CT molecular complexity index is 1420. The van der Waals surface area contributed by atoms with Gasteiger partial charge in [-0.3, -0.25) is 24.6 Å². The van der Waals surface area contributed by atoms with Crippen molar-refractivity contribution in [2.75, 3.05) is 13.1 Å². The number of imide groups is 1. The number of piperidine rings is 2. The molecule has 38 heavy (non-hydrogen) atoms. The van der Waals surface area contributed by atoms with E-state index in [-0.39, 0.29) is 42.0 Å². The highest BCUT2D eigenvalue weighted by molar-refractivity contribution is 6.05. The molecule has 2 fully saturated rings. The standard InChI is InChI=1S/C27H25F2N5O4/c28-19-12-17-18(13-34(27(17)37)20-6-7-21(35)30-26(20)36)24(29)23(19)15-8-10-33(11-9-15)14-22-31-25(32-38-22)16-4-2-1-3-5-16/h1-5,12,15,20H,6-11,13-14H2,(H,30,35,36). The van der Waals surface area contributed by atoms with Gasteiger partial charge in [-0.1, -0.05) is 35.5 Å². The van der Waals surface area contributed by atoms with Crippen LogP contribution in [0, 0.1) is 11.6 Å². The molecule has 1 N–H and O–H groups in total. The number of amides is 3. The van der Waals surface area contributed by atoms with Crippen LogP contribution in [0.2, 0.25) is 0 Å². The summed E-state index contributed by atoms with van der Waals surface area (Å²) in [6, 6.07) is 9.72. The van der Waals surface area contributed by atoms with Crippen LogP contribution in [0.1, 0.15) is 59.0 Å². The van der Waals surface area contributed by atoms with Crippen molar-refractivity contribution in [2.24, 2.45) is 0 Å². The molecule has 0 saturated carbocycles. The lowest BCUT2D eigenvalue weighted by atomic mass is 9.86. The number of hydrogen-bond acceptors (Lipinski definition) is 7. The van der Waals surface area contributed by atoms with Crippen molar-refractivity contribution >= 4 is 17.7 Å². The Labute approximate surface area is 216 Å². The number of carbonyl (C=O) groups is 3. The van der Waals surface area contributed by atoms with E-state index >= 15 is 8.78 Å². The summed E-state index contributed by atoms with van der Waals surface area (Å²) >= 11 is 0. The molecule has 3 aromatic rings. The maximum absolute atomic E-state index is 15.7. The van der Waals surface area contributed by atoms with Gasteiger partial charge < -0.3 is 9.42 Å². The second kappa shape index (κ2) is 9.71. The van der Waals surface area contributed by atoms with Crippen molar-refractivity contribution in [3.8, 4) is 11.4 Å². The van der Waals surface area contributed by atoms with Crippen molar-refractivity contribution < 1.29 is 27.7 Å². The Morgan fingerprint density at radius 2 is 1.82 bits per heavy atom. The van der Waals surface area contributed by atoms with Crippen molar-refractivity contribution in [2.45, 2.75) is 50.7 Å². The van der Waals surface area contributed by atoms with E-state index in [1.807, 2.05) is 30.3 Å². The number of carbonyl (C=O) groups excluding carboxylic acids is 3. The Kier molecular flexibility index (Phi) is 6.22. The number of hydrogen-bond donors (Lipinski definition) is 1. The summed E-state index contributed by atoms with van der Waals surface area (Å²) in [5.41, 5.74) is 0.901. The number of halogens is 2. The Morgan fingerprint density at radius 1 is 1.05 bits per heavy atom. The monoisotopic (exact) mass is 521 g/mol. The van der Waals surface area contributed by atoms with E-state index in [0.717, 1.165) is 11.6 Å². The van der Waals surface area contributed by atoms with Crippen LogP contribution >= 0.6 is 0 Å². The fraction of sp³-hybridized carbons (Fsp3) is 0.370. The van der Waals surface area contributed by atoms with Gasteiger partial charge in [-0.25, -0.2) is 8.78 Å². The van der Waals surface area contributed by atoms with Crippen molar-refractivity contribution in [3.63, 3.8) is 0 Å². The molecule has 3 aliphatic heterocycles. The topological polar surface area (TPSA) is 109 Å². The molecule has 0 radical (unpaired) electrons. The summed E-state index contributed by atoms with van der Waals surface area (Å²) < 4.78 is 36.3. The first kappa shape index (κ1) is 24.4.